The number of hydrogen-bond donors (Lipinski definition) is 1. The van der Waals surface area contributed by atoms with E-state index in [0.717, 1.165) is 28.9 Å². The van der Waals surface area contributed by atoms with Crippen LogP contribution in [-0.4, -0.2) is 24.1 Å². The number of nitrogens with zero attached hydrogens (tertiary/aromatic N) is 1. The quantitative estimate of drug-likeness (QED) is 0.876. The monoisotopic (exact) mass is 236 g/mol. The molecule has 1 aromatic carbocycles. The Morgan fingerprint density at radius 2 is 2.31 bits per heavy atom. The average molecular weight is 236 g/mol. The predicted octanol–water partition coefficient (Wildman–Crippen LogP) is 2.99. The first kappa shape index (κ1) is 11.3. The van der Waals surface area contributed by atoms with Crippen molar-refractivity contribution < 1.29 is 4.74 Å². The number of benzene rings is 1. The van der Waals surface area contributed by atoms with Gasteiger partial charge < -0.3 is 10.1 Å². The molecule has 0 saturated carbocycles. The molecule has 0 aromatic heterocycles. The van der Waals surface area contributed by atoms with Crippen LogP contribution in [0, 0.1) is 0 Å². The minimum atomic E-state index is 0.679. The van der Waals surface area contributed by atoms with E-state index in [1.807, 2.05) is 31.2 Å². The van der Waals surface area contributed by atoms with Crippen molar-refractivity contribution in [1.82, 2.24) is 0 Å². The van der Waals surface area contributed by atoms with Crippen molar-refractivity contribution in [3.05, 3.63) is 24.3 Å². The van der Waals surface area contributed by atoms with Crippen LogP contribution >= 0.6 is 11.8 Å². The topological polar surface area (TPSA) is 33.6 Å². The average Bonchev–Trinajstić information content (AvgIpc) is 2.33. The molecule has 0 unspecified atom stereocenters. The summed E-state index contributed by atoms with van der Waals surface area (Å²) in [6, 6.07) is 7.97. The normalized spacial score (nSPS) is 15.4. The largest absolute Gasteiger partial charge is 0.492 e. The molecule has 1 aliphatic rings. The number of amidine groups is 1. The van der Waals surface area contributed by atoms with Crippen LogP contribution in [0.4, 0.5) is 5.69 Å². The highest BCUT2D eigenvalue weighted by atomic mass is 32.2. The van der Waals surface area contributed by atoms with Gasteiger partial charge in [-0.1, -0.05) is 23.9 Å². The van der Waals surface area contributed by atoms with E-state index in [0.29, 0.717) is 6.61 Å². The zero-order valence-electron chi connectivity index (χ0n) is 9.40. The lowest BCUT2D eigenvalue weighted by atomic mass is 10.3. The molecule has 0 amide bonds. The zero-order chi connectivity index (χ0) is 11.2. The third-order valence-corrected chi connectivity index (χ3v) is 3.22. The van der Waals surface area contributed by atoms with Gasteiger partial charge >= 0.3 is 0 Å². The molecule has 86 valence electrons. The second-order valence-corrected chi connectivity index (χ2v) is 4.53. The van der Waals surface area contributed by atoms with Gasteiger partial charge in [0, 0.05) is 12.3 Å². The molecule has 0 spiro atoms. The Balaban J connectivity index is 2.10. The molecule has 0 aliphatic carbocycles. The number of aliphatic imine (C=N–C) groups is 1. The Labute approximate surface area is 100 Å². The minimum absolute atomic E-state index is 0.679. The number of nitrogens with one attached hydrogen (secondary N) is 1. The summed E-state index contributed by atoms with van der Waals surface area (Å²) in [5, 5.41) is 4.32. The molecule has 1 N–H and O–H groups in total. The number of para-hydroxylation sites is 2. The van der Waals surface area contributed by atoms with Crippen molar-refractivity contribution in [2.75, 3.05) is 24.2 Å². The highest BCUT2D eigenvalue weighted by Gasteiger charge is 2.08. The Bertz CT molecular complexity index is 379. The summed E-state index contributed by atoms with van der Waals surface area (Å²) in [4.78, 5) is 4.44. The van der Waals surface area contributed by atoms with Crippen LogP contribution in [0.25, 0.3) is 0 Å². The fourth-order valence-electron chi connectivity index (χ4n) is 1.50. The molecule has 1 heterocycles. The number of thioether (sulfide) groups is 1. The number of ether oxygens (including phenoxy) is 1. The number of hydrogen-bond acceptors (Lipinski definition) is 4. The first-order chi connectivity index (χ1) is 7.90. The SMILES string of the molecule is CCOc1ccccc1NC1=NCCCS1. The van der Waals surface area contributed by atoms with E-state index in [2.05, 4.69) is 10.3 Å². The van der Waals surface area contributed by atoms with Crippen molar-refractivity contribution in [2.45, 2.75) is 13.3 Å². The summed E-state index contributed by atoms with van der Waals surface area (Å²) in [5.41, 5.74) is 0.998. The summed E-state index contributed by atoms with van der Waals surface area (Å²) < 4.78 is 5.55. The van der Waals surface area contributed by atoms with E-state index < -0.39 is 0 Å². The van der Waals surface area contributed by atoms with Gasteiger partial charge in [0.25, 0.3) is 0 Å². The predicted molar refractivity (Wildman–Crippen MR) is 70.6 cm³/mol. The van der Waals surface area contributed by atoms with E-state index in [4.69, 9.17) is 4.74 Å². The van der Waals surface area contributed by atoms with Crippen LogP contribution in [0.5, 0.6) is 5.75 Å². The van der Waals surface area contributed by atoms with Gasteiger partial charge in [-0.15, -0.1) is 0 Å². The molecule has 2 rings (SSSR count). The molecular weight excluding hydrogens is 220 g/mol. The van der Waals surface area contributed by atoms with Gasteiger partial charge in [-0.2, -0.15) is 0 Å². The maximum Gasteiger partial charge on any atom is 0.161 e. The van der Waals surface area contributed by atoms with Crippen molar-refractivity contribution in [3.8, 4) is 5.75 Å². The van der Waals surface area contributed by atoms with E-state index in [1.165, 1.54) is 6.42 Å². The number of rotatable bonds is 3. The molecule has 3 nitrogen and oxygen atoms in total. The van der Waals surface area contributed by atoms with Crippen molar-refractivity contribution in [2.24, 2.45) is 4.99 Å². The van der Waals surface area contributed by atoms with Crippen LogP contribution < -0.4 is 10.1 Å². The molecular formula is C12H16N2OS. The Kier molecular flexibility index (Phi) is 4.10. The van der Waals surface area contributed by atoms with Crippen molar-refractivity contribution >= 4 is 22.6 Å². The van der Waals surface area contributed by atoms with Gasteiger partial charge in [-0.25, -0.2) is 0 Å². The van der Waals surface area contributed by atoms with Crippen LogP contribution in [0.15, 0.2) is 29.3 Å². The molecule has 0 saturated heterocycles. The zero-order valence-corrected chi connectivity index (χ0v) is 10.2. The van der Waals surface area contributed by atoms with Gasteiger partial charge in [-0.3, -0.25) is 4.99 Å². The molecule has 0 bridgehead atoms. The van der Waals surface area contributed by atoms with Crippen LogP contribution in [0.2, 0.25) is 0 Å². The van der Waals surface area contributed by atoms with Crippen LogP contribution in [0.3, 0.4) is 0 Å². The second kappa shape index (κ2) is 5.80. The van der Waals surface area contributed by atoms with Gasteiger partial charge in [0.2, 0.25) is 0 Å². The maximum atomic E-state index is 5.55. The van der Waals surface area contributed by atoms with Crippen LogP contribution in [0.1, 0.15) is 13.3 Å². The van der Waals surface area contributed by atoms with E-state index in [9.17, 15) is 0 Å². The Morgan fingerprint density at radius 3 is 3.06 bits per heavy atom. The fourth-order valence-corrected chi connectivity index (χ4v) is 2.33. The van der Waals surface area contributed by atoms with Crippen molar-refractivity contribution in [1.29, 1.82) is 0 Å². The maximum absolute atomic E-state index is 5.55. The Morgan fingerprint density at radius 1 is 1.44 bits per heavy atom. The lowest BCUT2D eigenvalue weighted by Crippen LogP contribution is -2.14. The molecule has 4 heteroatoms. The van der Waals surface area contributed by atoms with Gasteiger partial charge in [0.15, 0.2) is 5.17 Å². The minimum Gasteiger partial charge on any atom is -0.492 e. The van der Waals surface area contributed by atoms with E-state index >= 15 is 0 Å². The molecule has 0 atom stereocenters. The molecule has 1 aromatic rings. The highest BCUT2D eigenvalue weighted by Crippen LogP contribution is 2.25. The van der Waals surface area contributed by atoms with Crippen LogP contribution in [-0.2, 0) is 0 Å². The summed E-state index contributed by atoms with van der Waals surface area (Å²) in [6.07, 6.45) is 1.17. The highest BCUT2D eigenvalue weighted by molar-refractivity contribution is 8.14. The van der Waals surface area contributed by atoms with Crippen molar-refractivity contribution in [3.63, 3.8) is 0 Å². The molecule has 1 aliphatic heterocycles. The fraction of sp³-hybridized carbons (Fsp3) is 0.417. The van der Waals surface area contributed by atoms with E-state index in [-0.39, 0.29) is 0 Å². The first-order valence-corrected chi connectivity index (χ1v) is 6.55. The lowest BCUT2D eigenvalue weighted by molar-refractivity contribution is 0.342. The smallest absolute Gasteiger partial charge is 0.161 e. The summed E-state index contributed by atoms with van der Waals surface area (Å²) in [5.74, 6) is 2.03. The lowest BCUT2D eigenvalue weighted by Gasteiger charge is -2.15. The second-order valence-electron chi connectivity index (χ2n) is 3.44. The van der Waals surface area contributed by atoms with Gasteiger partial charge in [-0.05, 0) is 25.5 Å². The third-order valence-electron chi connectivity index (χ3n) is 2.23. The summed E-state index contributed by atoms with van der Waals surface area (Å²) in [7, 11) is 0. The molecule has 0 radical (unpaired) electrons. The van der Waals surface area contributed by atoms with E-state index in [1.54, 1.807) is 11.8 Å². The summed E-state index contributed by atoms with van der Waals surface area (Å²) in [6.45, 7) is 3.59. The number of anilines is 1. The van der Waals surface area contributed by atoms with Gasteiger partial charge in [0.1, 0.15) is 5.75 Å². The molecule has 16 heavy (non-hydrogen) atoms. The first-order valence-electron chi connectivity index (χ1n) is 5.56. The van der Waals surface area contributed by atoms with Gasteiger partial charge in [0.05, 0.1) is 12.3 Å². The molecule has 0 fully saturated rings. The third kappa shape index (κ3) is 2.92. The summed E-state index contributed by atoms with van der Waals surface area (Å²) >= 11 is 1.77. The Hall–Kier alpha value is -1.16. The standard InChI is InChI=1S/C12H16N2OS/c1-2-15-11-7-4-3-6-10(11)14-12-13-8-5-9-16-12/h3-4,6-7H,2,5,8-9H2,1H3,(H,13,14).